The van der Waals surface area contributed by atoms with Crippen LogP contribution < -0.4 is 10.6 Å². The summed E-state index contributed by atoms with van der Waals surface area (Å²) < 4.78 is 10.8. The molecule has 2 heterocycles. The minimum atomic E-state index is -1.37. The Hall–Kier alpha value is -5.06. The van der Waals surface area contributed by atoms with E-state index < -0.39 is 60.4 Å². The second-order valence-electron chi connectivity index (χ2n) is 14.5. The number of fused-ring (bicyclic) bond motifs is 2. The van der Waals surface area contributed by atoms with Gasteiger partial charge in [-0.05, 0) is 94.3 Å². The van der Waals surface area contributed by atoms with E-state index in [0.29, 0.717) is 47.9 Å². The van der Waals surface area contributed by atoms with Crippen LogP contribution in [0.1, 0.15) is 97.6 Å². The Kier molecular flexibility index (Phi) is 11.6. The van der Waals surface area contributed by atoms with Gasteiger partial charge in [-0.1, -0.05) is 61.4 Å². The zero-order valence-electron chi connectivity index (χ0n) is 30.0. The molecule has 0 saturated carbocycles. The number of benzene rings is 3. The molecule has 2 aliphatic heterocycles. The number of hydrogen-bond donors (Lipinski definition) is 2. The SMILES string of the molecule is Cc1cccc(C)c1C(=O)OCC(=O)C(CC(=O)OC(C)(C)C)NC(=O)C1CCC2CCCCC(NC(=O)c3ccc4ccccc4c3)C(=O)N21. The van der Waals surface area contributed by atoms with Gasteiger partial charge in [-0.3, -0.25) is 24.0 Å². The molecule has 11 nitrogen and oxygen atoms in total. The molecule has 0 bridgehead atoms. The molecule has 51 heavy (non-hydrogen) atoms. The van der Waals surface area contributed by atoms with E-state index in [-0.39, 0.29) is 17.9 Å². The van der Waals surface area contributed by atoms with Gasteiger partial charge < -0.3 is 25.0 Å². The molecule has 11 heteroatoms. The quantitative estimate of drug-likeness (QED) is 0.277. The van der Waals surface area contributed by atoms with Gasteiger partial charge in [0.25, 0.3) is 5.91 Å². The molecule has 0 spiro atoms. The Morgan fingerprint density at radius 1 is 0.863 bits per heavy atom. The topological polar surface area (TPSA) is 148 Å². The molecule has 270 valence electrons. The molecule has 2 aliphatic rings. The first-order valence-corrected chi connectivity index (χ1v) is 17.6. The molecule has 2 saturated heterocycles. The Labute approximate surface area is 298 Å². The maximum atomic E-state index is 14.1. The molecule has 0 radical (unpaired) electrons. The van der Waals surface area contributed by atoms with Crippen LogP contribution in [-0.4, -0.2) is 76.7 Å². The van der Waals surface area contributed by atoms with Crippen molar-refractivity contribution in [2.75, 3.05) is 6.61 Å². The van der Waals surface area contributed by atoms with E-state index in [1.54, 1.807) is 63.8 Å². The highest BCUT2D eigenvalue weighted by Crippen LogP contribution is 2.32. The Morgan fingerprint density at radius 2 is 1.55 bits per heavy atom. The predicted molar refractivity (Wildman–Crippen MR) is 191 cm³/mol. The number of amides is 3. The summed E-state index contributed by atoms with van der Waals surface area (Å²) in [6.45, 7) is 7.91. The van der Waals surface area contributed by atoms with Crippen LogP contribution in [0.4, 0.5) is 0 Å². The number of nitrogens with zero attached hydrogens (tertiary/aromatic N) is 1. The minimum absolute atomic E-state index is 0.216. The van der Waals surface area contributed by atoms with Crippen molar-refractivity contribution in [3.63, 3.8) is 0 Å². The Morgan fingerprint density at radius 3 is 2.25 bits per heavy atom. The number of hydrogen-bond acceptors (Lipinski definition) is 8. The zero-order valence-corrected chi connectivity index (χ0v) is 30.0. The van der Waals surface area contributed by atoms with Crippen LogP contribution in [0, 0.1) is 13.8 Å². The van der Waals surface area contributed by atoms with Crippen LogP contribution in [0.5, 0.6) is 0 Å². The molecule has 3 amide bonds. The molecule has 2 N–H and O–H groups in total. The summed E-state index contributed by atoms with van der Waals surface area (Å²) in [6, 6.07) is 15.0. The molecule has 3 aromatic carbocycles. The third-order valence-corrected chi connectivity index (χ3v) is 9.48. The summed E-state index contributed by atoms with van der Waals surface area (Å²) in [7, 11) is 0. The van der Waals surface area contributed by atoms with Gasteiger partial charge in [-0.15, -0.1) is 0 Å². The molecule has 4 unspecified atom stereocenters. The zero-order chi connectivity index (χ0) is 36.9. The van der Waals surface area contributed by atoms with Gasteiger partial charge in [0, 0.05) is 11.6 Å². The summed E-state index contributed by atoms with van der Waals surface area (Å²) in [4.78, 5) is 82.3. The van der Waals surface area contributed by atoms with Gasteiger partial charge in [0.1, 0.15) is 23.7 Å². The molecule has 2 fully saturated rings. The first-order chi connectivity index (χ1) is 24.2. The minimum Gasteiger partial charge on any atom is -0.460 e. The number of carbonyl (C=O) groups excluding carboxylic acids is 6. The first-order valence-electron chi connectivity index (χ1n) is 17.6. The molecular weight excluding hydrogens is 650 g/mol. The highest BCUT2D eigenvalue weighted by Gasteiger charge is 2.45. The van der Waals surface area contributed by atoms with E-state index in [0.717, 1.165) is 23.6 Å². The van der Waals surface area contributed by atoms with E-state index in [1.807, 2.05) is 36.4 Å². The fourth-order valence-corrected chi connectivity index (χ4v) is 7.00. The summed E-state index contributed by atoms with van der Waals surface area (Å²) in [5.74, 6) is -3.44. The van der Waals surface area contributed by atoms with Crippen molar-refractivity contribution >= 4 is 46.2 Å². The number of esters is 2. The normalized spacial score (nSPS) is 19.7. The second-order valence-corrected chi connectivity index (χ2v) is 14.5. The highest BCUT2D eigenvalue weighted by molar-refractivity contribution is 6.02. The molecule has 3 aromatic rings. The van der Waals surface area contributed by atoms with Gasteiger partial charge in [-0.25, -0.2) is 4.79 Å². The summed E-state index contributed by atoms with van der Waals surface area (Å²) >= 11 is 0. The number of ketones is 1. The molecule has 0 aliphatic carbocycles. The van der Waals surface area contributed by atoms with Gasteiger partial charge in [-0.2, -0.15) is 0 Å². The Bertz CT molecular complexity index is 1810. The predicted octanol–water partition coefficient (Wildman–Crippen LogP) is 5.13. The number of aryl methyl sites for hydroxylation is 2. The maximum absolute atomic E-state index is 14.1. The first kappa shape index (κ1) is 37.2. The number of ether oxygens (including phenoxy) is 2. The van der Waals surface area contributed by atoms with Crippen LogP contribution in [-0.2, 0) is 28.7 Å². The Balaban J connectivity index is 1.31. The van der Waals surface area contributed by atoms with E-state index >= 15 is 0 Å². The maximum Gasteiger partial charge on any atom is 0.339 e. The third kappa shape index (κ3) is 9.19. The van der Waals surface area contributed by atoms with E-state index in [1.165, 1.54) is 0 Å². The van der Waals surface area contributed by atoms with Crippen LogP contribution in [0.3, 0.4) is 0 Å². The number of nitrogens with one attached hydrogen (secondary N) is 2. The molecular formula is C40H47N3O8. The van der Waals surface area contributed by atoms with Crippen LogP contribution >= 0.6 is 0 Å². The molecule has 4 atom stereocenters. The fourth-order valence-electron chi connectivity index (χ4n) is 7.00. The van der Waals surface area contributed by atoms with Crippen molar-refractivity contribution in [3.8, 4) is 0 Å². The smallest absolute Gasteiger partial charge is 0.339 e. The van der Waals surface area contributed by atoms with Gasteiger partial charge >= 0.3 is 11.9 Å². The van der Waals surface area contributed by atoms with Crippen molar-refractivity contribution in [2.45, 2.75) is 109 Å². The fraction of sp³-hybridized carbons (Fsp3) is 0.450. The van der Waals surface area contributed by atoms with Crippen LogP contribution in [0.25, 0.3) is 10.8 Å². The number of rotatable bonds is 10. The van der Waals surface area contributed by atoms with E-state index in [4.69, 9.17) is 9.47 Å². The third-order valence-electron chi connectivity index (χ3n) is 9.48. The summed E-state index contributed by atoms with van der Waals surface area (Å²) in [6.07, 6.45) is 3.11. The lowest BCUT2D eigenvalue weighted by Crippen LogP contribution is -2.58. The molecule has 5 rings (SSSR count). The van der Waals surface area contributed by atoms with Crippen LogP contribution in [0.2, 0.25) is 0 Å². The number of Topliss-reactive ketones (excluding diaryl/α,β-unsaturated/α-hetero) is 1. The monoisotopic (exact) mass is 697 g/mol. The molecule has 0 aromatic heterocycles. The van der Waals surface area contributed by atoms with Crippen molar-refractivity contribution in [1.82, 2.24) is 15.5 Å². The standard InChI is InChI=1S/C40H47N3O8/c1-24-11-10-12-25(2)35(24)39(49)50-23-33(44)31(22-34(45)51-40(3,4)5)42-37(47)32-20-19-29-15-8-9-16-30(38(48)43(29)32)41-36(46)28-18-17-26-13-6-7-14-27(26)21-28/h6-7,10-14,17-18,21,29-32H,8-9,15-16,19-20,22-23H2,1-5H3,(H,41,46)(H,42,47). The van der Waals surface area contributed by atoms with Crippen molar-refractivity contribution < 1.29 is 38.2 Å². The lowest BCUT2D eigenvalue weighted by atomic mass is 9.98. The van der Waals surface area contributed by atoms with E-state index in [9.17, 15) is 28.8 Å². The van der Waals surface area contributed by atoms with Crippen molar-refractivity contribution in [2.24, 2.45) is 0 Å². The lowest BCUT2D eigenvalue weighted by molar-refractivity contribution is -0.157. The largest absolute Gasteiger partial charge is 0.460 e. The van der Waals surface area contributed by atoms with Gasteiger partial charge in [0.15, 0.2) is 12.4 Å². The second kappa shape index (κ2) is 15.9. The van der Waals surface area contributed by atoms with Crippen molar-refractivity contribution in [1.29, 1.82) is 0 Å². The van der Waals surface area contributed by atoms with Crippen molar-refractivity contribution in [3.05, 3.63) is 82.9 Å². The highest BCUT2D eigenvalue weighted by atomic mass is 16.6. The summed E-state index contributed by atoms with van der Waals surface area (Å²) in [5.41, 5.74) is 1.30. The van der Waals surface area contributed by atoms with E-state index in [2.05, 4.69) is 10.6 Å². The number of carbonyl (C=O) groups is 6. The summed E-state index contributed by atoms with van der Waals surface area (Å²) in [5, 5.41) is 7.50. The van der Waals surface area contributed by atoms with Gasteiger partial charge in [0.05, 0.1) is 12.0 Å². The average Bonchev–Trinajstić information content (AvgIpc) is 3.49. The lowest BCUT2D eigenvalue weighted by Gasteiger charge is -2.35. The van der Waals surface area contributed by atoms with Crippen LogP contribution in [0.15, 0.2) is 60.7 Å². The average molecular weight is 698 g/mol. The van der Waals surface area contributed by atoms with Gasteiger partial charge in [0.2, 0.25) is 11.8 Å².